The smallest absolute Gasteiger partial charge is 0.0817 e. The number of rotatable bonds is 5. The van der Waals surface area contributed by atoms with E-state index in [-0.39, 0.29) is 5.60 Å². The quantitative estimate of drug-likeness (QED) is 0.868. The normalized spacial score (nSPS) is 23.5. The van der Waals surface area contributed by atoms with E-state index in [0.717, 1.165) is 30.7 Å². The van der Waals surface area contributed by atoms with Gasteiger partial charge >= 0.3 is 0 Å². The van der Waals surface area contributed by atoms with E-state index in [1.807, 2.05) is 0 Å². The summed E-state index contributed by atoms with van der Waals surface area (Å²) in [5.41, 5.74) is 2.41. The number of aliphatic hydroxyl groups excluding tert-OH is 1. The predicted molar refractivity (Wildman–Crippen MR) is 76.2 cm³/mol. The summed E-state index contributed by atoms with van der Waals surface area (Å²) in [5, 5.41) is 10.4. The maximum atomic E-state index is 10.4. The third kappa shape index (κ3) is 2.56. The van der Waals surface area contributed by atoms with Crippen LogP contribution in [-0.2, 0) is 4.74 Å². The molecule has 0 radical (unpaired) electrons. The van der Waals surface area contributed by atoms with Gasteiger partial charge in [0.05, 0.1) is 11.7 Å². The molecule has 104 valence electrons. The lowest BCUT2D eigenvalue weighted by Crippen LogP contribution is -2.40. The molecule has 0 spiro atoms. The van der Waals surface area contributed by atoms with Crippen molar-refractivity contribution in [2.24, 2.45) is 0 Å². The number of ether oxygens (including phenoxy) is 1. The van der Waals surface area contributed by atoms with Crippen LogP contribution in [0.1, 0.15) is 68.1 Å². The zero-order valence-corrected chi connectivity index (χ0v) is 11.8. The van der Waals surface area contributed by atoms with E-state index in [0.29, 0.717) is 0 Å². The van der Waals surface area contributed by atoms with Gasteiger partial charge in [0.1, 0.15) is 0 Å². The molecule has 2 fully saturated rings. The highest BCUT2D eigenvalue weighted by Gasteiger charge is 2.39. The lowest BCUT2D eigenvalue weighted by atomic mass is 9.75. The van der Waals surface area contributed by atoms with Crippen molar-refractivity contribution in [3.63, 3.8) is 0 Å². The fraction of sp³-hybridized carbons (Fsp3) is 0.647. The topological polar surface area (TPSA) is 29.5 Å². The fourth-order valence-electron chi connectivity index (χ4n) is 3.26. The van der Waals surface area contributed by atoms with Crippen molar-refractivity contribution in [3.05, 3.63) is 35.4 Å². The Hall–Kier alpha value is -0.860. The molecule has 19 heavy (non-hydrogen) atoms. The van der Waals surface area contributed by atoms with E-state index in [1.165, 1.54) is 31.2 Å². The van der Waals surface area contributed by atoms with Crippen molar-refractivity contribution in [1.82, 2.24) is 0 Å². The number of aliphatic hydroxyl groups is 1. The Morgan fingerprint density at radius 3 is 2.32 bits per heavy atom. The Morgan fingerprint density at radius 1 is 1.21 bits per heavy atom. The second-order valence-corrected chi connectivity index (χ2v) is 6.26. The maximum absolute atomic E-state index is 10.4. The van der Waals surface area contributed by atoms with Crippen LogP contribution in [0.3, 0.4) is 0 Å². The van der Waals surface area contributed by atoms with Gasteiger partial charge in [-0.1, -0.05) is 30.7 Å². The summed E-state index contributed by atoms with van der Waals surface area (Å²) in [4.78, 5) is 0. The molecule has 0 heterocycles. The maximum Gasteiger partial charge on any atom is 0.0817 e. The van der Waals surface area contributed by atoms with Gasteiger partial charge in [-0.05, 0) is 49.1 Å². The van der Waals surface area contributed by atoms with E-state index >= 15 is 0 Å². The van der Waals surface area contributed by atoms with Crippen LogP contribution < -0.4 is 0 Å². The molecule has 0 aliphatic heterocycles. The van der Waals surface area contributed by atoms with Crippen LogP contribution in [0.5, 0.6) is 0 Å². The van der Waals surface area contributed by atoms with Crippen LogP contribution in [0.2, 0.25) is 0 Å². The second kappa shape index (κ2) is 5.26. The van der Waals surface area contributed by atoms with E-state index in [4.69, 9.17) is 4.74 Å². The lowest BCUT2D eigenvalue weighted by Gasteiger charge is -2.42. The first-order valence-electron chi connectivity index (χ1n) is 7.55. The summed E-state index contributed by atoms with van der Waals surface area (Å²) >= 11 is 0. The van der Waals surface area contributed by atoms with E-state index in [2.05, 4.69) is 24.3 Å². The molecule has 2 aliphatic carbocycles. The SMILES string of the molecule is COC1(CC(O)c2ccc(C3CCC3)cc2)CCC1. The first kappa shape index (κ1) is 13.1. The molecule has 2 heteroatoms. The van der Waals surface area contributed by atoms with E-state index < -0.39 is 6.10 Å². The molecule has 2 nitrogen and oxygen atoms in total. The highest BCUT2D eigenvalue weighted by Crippen LogP contribution is 2.42. The molecule has 0 aromatic heterocycles. The summed E-state index contributed by atoms with van der Waals surface area (Å²) in [5.74, 6) is 0.767. The Kier molecular flexibility index (Phi) is 3.64. The predicted octanol–water partition coefficient (Wildman–Crippen LogP) is 3.95. The van der Waals surface area contributed by atoms with Gasteiger partial charge in [-0.25, -0.2) is 0 Å². The molecule has 2 aliphatic rings. The van der Waals surface area contributed by atoms with Gasteiger partial charge in [0.15, 0.2) is 0 Å². The first-order chi connectivity index (χ1) is 9.22. The molecular formula is C17H24O2. The molecule has 1 aromatic rings. The minimum atomic E-state index is -0.393. The summed E-state index contributed by atoms with van der Waals surface area (Å²) in [7, 11) is 1.77. The number of benzene rings is 1. The fourth-order valence-corrected chi connectivity index (χ4v) is 3.26. The molecule has 3 rings (SSSR count). The number of methoxy groups -OCH3 is 1. The highest BCUT2D eigenvalue weighted by molar-refractivity contribution is 5.28. The molecule has 0 bridgehead atoms. The highest BCUT2D eigenvalue weighted by atomic mass is 16.5. The summed E-state index contributed by atoms with van der Waals surface area (Å²) in [6.07, 6.45) is 7.75. The molecule has 0 saturated heterocycles. The summed E-state index contributed by atoms with van der Waals surface area (Å²) < 4.78 is 5.59. The Morgan fingerprint density at radius 2 is 1.89 bits per heavy atom. The number of hydrogen-bond donors (Lipinski definition) is 1. The minimum absolute atomic E-state index is 0.0634. The van der Waals surface area contributed by atoms with Crippen LogP contribution in [0.4, 0.5) is 0 Å². The van der Waals surface area contributed by atoms with Crippen molar-refractivity contribution in [3.8, 4) is 0 Å². The largest absolute Gasteiger partial charge is 0.388 e. The third-order valence-corrected chi connectivity index (χ3v) is 5.16. The van der Waals surface area contributed by atoms with Crippen molar-refractivity contribution in [2.45, 2.75) is 62.6 Å². The number of hydrogen-bond acceptors (Lipinski definition) is 2. The van der Waals surface area contributed by atoms with Gasteiger partial charge in [0.2, 0.25) is 0 Å². The zero-order valence-electron chi connectivity index (χ0n) is 11.8. The monoisotopic (exact) mass is 260 g/mol. The molecule has 1 N–H and O–H groups in total. The molecule has 1 unspecified atom stereocenters. The standard InChI is InChI=1S/C17H24O2/c1-19-17(10-3-11-17)12-16(18)15-8-6-14(7-9-15)13-4-2-5-13/h6-9,13,16,18H,2-5,10-12H2,1H3. The molecule has 1 atom stereocenters. The van der Waals surface area contributed by atoms with Gasteiger partial charge in [-0.15, -0.1) is 0 Å². The van der Waals surface area contributed by atoms with Gasteiger partial charge < -0.3 is 9.84 Å². The Bertz CT molecular complexity index is 410. The van der Waals surface area contributed by atoms with Crippen LogP contribution >= 0.6 is 0 Å². The average Bonchev–Trinajstić information content (AvgIpc) is 2.32. The van der Waals surface area contributed by atoms with Gasteiger partial charge in [-0.2, -0.15) is 0 Å². The van der Waals surface area contributed by atoms with Crippen molar-refractivity contribution in [2.75, 3.05) is 7.11 Å². The summed E-state index contributed by atoms with van der Waals surface area (Å²) in [6, 6.07) is 8.59. The lowest BCUT2D eigenvalue weighted by molar-refractivity contribution is -0.0999. The van der Waals surface area contributed by atoms with Gasteiger partial charge in [0, 0.05) is 13.5 Å². The van der Waals surface area contributed by atoms with Crippen molar-refractivity contribution in [1.29, 1.82) is 0 Å². The van der Waals surface area contributed by atoms with Crippen LogP contribution in [0, 0.1) is 0 Å². The van der Waals surface area contributed by atoms with Crippen LogP contribution in [-0.4, -0.2) is 17.8 Å². The van der Waals surface area contributed by atoms with Gasteiger partial charge in [0.25, 0.3) is 0 Å². The Balaban J connectivity index is 1.64. The zero-order chi connectivity index (χ0) is 13.3. The van der Waals surface area contributed by atoms with Crippen molar-refractivity contribution >= 4 is 0 Å². The third-order valence-electron chi connectivity index (χ3n) is 5.16. The Labute approximate surface area is 115 Å². The second-order valence-electron chi connectivity index (χ2n) is 6.26. The molecule has 1 aromatic carbocycles. The van der Waals surface area contributed by atoms with E-state index in [9.17, 15) is 5.11 Å². The minimum Gasteiger partial charge on any atom is -0.388 e. The van der Waals surface area contributed by atoms with Crippen molar-refractivity contribution < 1.29 is 9.84 Å². The van der Waals surface area contributed by atoms with Gasteiger partial charge in [-0.3, -0.25) is 0 Å². The summed E-state index contributed by atoms with van der Waals surface area (Å²) in [6.45, 7) is 0. The average molecular weight is 260 g/mol. The van der Waals surface area contributed by atoms with E-state index in [1.54, 1.807) is 7.11 Å². The molecule has 0 amide bonds. The van der Waals surface area contributed by atoms with Crippen LogP contribution in [0.15, 0.2) is 24.3 Å². The molecular weight excluding hydrogens is 236 g/mol. The molecule has 2 saturated carbocycles. The van der Waals surface area contributed by atoms with Crippen LogP contribution in [0.25, 0.3) is 0 Å². The first-order valence-corrected chi connectivity index (χ1v) is 7.55.